The molecule has 0 spiro atoms. The van der Waals surface area contributed by atoms with Gasteiger partial charge in [-0.2, -0.15) is 5.10 Å². The Kier molecular flexibility index (Phi) is 5.40. The number of hydrogen-bond donors (Lipinski definition) is 0. The van der Waals surface area contributed by atoms with Crippen molar-refractivity contribution in [1.29, 1.82) is 0 Å². The van der Waals surface area contributed by atoms with E-state index < -0.39 is 5.97 Å². The summed E-state index contributed by atoms with van der Waals surface area (Å²) in [6, 6.07) is 16.2. The monoisotopic (exact) mass is 403 g/mol. The van der Waals surface area contributed by atoms with Crippen molar-refractivity contribution < 1.29 is 14.1 Å². The number of benzene rings is 2. The molecule has 30 heavy (non-hydrogen) atoms. The summed E-state index contributed by atoms with van der Waals surface area (Å²) in [5.74, 6) is -0.460. The molecular weight excluding hydrogens is 376 g/mol. The molecule has 2 aromatic carbocycles. The van der Waals surface area contributed by atoms with Gasteiger partial charge in [0, 0.05) is 44.0 Å². The average molecular weight is 404 g/mol. The molecule has 0 unspecified atom stereocenters. The van der Waals surface area contributed by atoms with Crippen molar-refractivity contribution >= 4 is 34.0 Å². The summed E-state index contributed by atoms with van der Waals surface area (Å²) in [4.78, 5) is 15.0. The van der Waals surface area contributed by atoms with Crippen LogP contribution in [0.1, 0.15) is 17.5 Å². The minimum Gasteiger partial charge on any atom is -0.464 e. The summed E-state index contributed by atoms with van der Waals surface area (Å²) in [6.07, 6.45) is 4.12. The Morgan fingerprint density at radius 1 is 1.20 bits per heavy atom. The summed E-state index contributed by atoms with van der Waals surface area (Å²) < 4.78 is 7.10. The van der Waals surface area contributed by atoms with Crippen LogP contribution in [0.25, 0.3) is 10.9 Å². The number of hydrazone groups is 1. The maximum atomic E-state index is 12.7. The summed E-state index contributed by atoms with van der Waals surface area (Å²) in [7, 11) is 7.35. The van der Waals surface area contributed by atoms with Gasteiger partial charge < -0.3 is 9.64 Å². The van der Waals surface area contributed by atoms with Crippen molar-refractivity contribution in [2.24, 2.45) is 12.1 Å². The van der Waals surface area contributed by atoms with Crippen molar-refractivity contribution in [2.45, 2.75) is 12.8 Å². The highest BCUT2D eigenvalue weighted by Gasteiger charge is 2.22. The van der Waals surface area contributed by atoms with Crippen molar-refractivity contribution in [3.63, 3.8) is 0 Å². The largest absolute Gasteiger partial charge is 0.464 e. The Morgan fingerprint density at radius 2 is 2.00 bits per heavy atom. The average Bonchev–Trinajstić information content (AvgIpc) is 2.77. The molecule has 1 aliphatic heterocycles. The zero-order chi connectivity index (χ0) is 21.3. The maximum Gasteiger partial charge on any atom is 0.359 e. The number of esters is 1. The maximum absolute atomic E-state index is 12.7. The van der Waals surface area contributed by atoms with Crippen LogP contribution < -0.4 is 14.5 Å². The van der Waals surface area contributed by atoms with E-state index in [1.54, 1.807) is 5.01 Å². The smallest absolute Gasteiger partial charge is 0.359 e. The molecule has 0 saturated carbocycles. The number of anilines is 2. The van der Waals surface area contributed by atoms with Crippen LogP contribution in [0, 0.1) is 0 Å². The van der Waals surface area contributed by atoms with E-state index in [-0.39, 0.29) is 5.71 Å². The van der Waals surface area contributed by atoms with E-state index >= 15 is 0 Å². The lowest BCUT2D eigenvalue weighted by Gasteiger charge is -2.28. The first-order valence-corrected chi connectivity index (χ1v) is 10.1. The number of pyridine rings is 1. The lowest BCUT2D eigenvalue weighted by Crippen LogP contribution is -2.30. The molecule has 0 bridgehead atoms. The van der Waals surface area contributed by atoms with Gasteiger partial charge in [-0.05, 0) is 42.7 Å². The number of carbonyl (C=O) groups is 1. The molecule has 0 aliphatic carbocycles. The van der Waals surface area contributed by atoms with Gasteiger partial charge in [-0.25, -0.2) is 9.36 Å². The molecule has 2 heterocycles. The lowest BCUT2D eigenvalue weighted by atomic mass is 10.0. The Hall–Kier alpha value is -3.41. The minimum atomic E-state index is -0.460. The van der Waals surface area contributed by atoms with Crippen LogP contribution in [-0.4, -0.2) is 39.4 Å². The van der Waals surface area contributed by atoms with Gasteiger partial charge in [0.25, 0.3) is 0 Å². The molecule has 0 N–H and O–H groups in total. The van der Waals surface area contributed by atoms with Crippen molar-refractivity contribution in [1.82, 2.24) is 0 Å². The second-order valence-corrected chi connectivity index (χ2v) is 7.66. The Labute approximate surface area is 177 Å². The van der Waals surface area contributed by atoms with E-state index in [1.807, 2.05) is 61.3 Å². The molecular formula is C24H27N4O2+. The number of fused-ring (bicyclic) bond motifs is 2. The van der Waals surface area contributed by atoms with Crippen LogP contribution >= 0.6 is 0 Å². The SMILES string of the molecule is COC(=O)C(=NN(C)c1ccc2c(c1)CCCN2C)c1cc[n+](C)c2ccccc12. The van der Waals surface area contributed by atoms with Gasteiger partial charge in [-0.3, -0.25) is 5.01 Å². The molecule has 1 aromatic heterocycles. The number of para-hydroxylation sites is 1. The first-order chi connectivity index (χ1) is 14.5. The van der Waals surface area contributed by atoms with E-state index in [4.69, 9.17) is 4.74 Å². The fourth-order valence-corrected chi connectivity index (χ4v) is 4.05. The normalized spacial score (nSPS) is 13.9. The molecule has 6 nitrogen and oxygen atoms in total. The third kappa shape index (κ3) is 3.61. The predicted molar refractivity (Wildman–Crippen MR) is 120 cm³/mol. The number of nitrogens with zero attached hydrogens (tertiary/aromatic N) is 4. The number of rotatable bonds is 4. The molecule has 0 atom stereocenters. The highest BCUT2D eigenvalue weighted by atomic mass is 16.5. The Morgan fingerprint density at radius 3 is 2.80 bits per heavy atom. The van der Waals surface area contributed by atoms with E-state index in [0.717, 1.165) is 41.5 Å². The predicted octanol–water partition coefficient (Wildman–Crippen LogP) is 3.06. The Bertz CT molecular complexity index is 1140. The quantitative estimate of drug-likeness (QED) is 0.291. The summed E-state index contributed by atoms with van der Waals surface area (Å²) in [5, 5.41) is 7.39. The molecule has 4 rings (SSSR count). The van der Waals surface area contributed by atoms with Gasteiger partial charge in [0.15, 0.2) is 11.9 Å². The summed E-state index contributed by atoms with van der Waals surface area (Å²) in [5.41, 5.74) is 5.56. The molecule has 0 fully saturated rings. The van der Waals surface area contributed by atoms with E-state index in [0.29, 0.717) is 0 Å². The van der Waals surface area contributed by atoms with Crippen LogP contribution in [0.5, 0.6) is 0 Å². The van der Waals surface area contributed by atoms with Gasteiger partial charge in [0.1, 0.15) is 7.05 Å². The van der Waals surface area contributed by atoms with Gasteiger partial charge in [-0.1, -0.05) is 12.1 Å². The molecule has 0 radical (unpaired) electrons. The summed E-state index contributed by atoms with van der Waals surface area (Å²) >= 11 is 0. The van der Waals surface area contributed by atoms with Crippen LogP contribution in [0.2, 0.25) is 0 Å². The molecule has 0 saturated heterocycles. The number of ether oxygens (including phenoxy) is 1. The first-order valence-electron chi connectivity index (χ1n) is 10.1. The highest BCUT2D eigenvalue weighted by Crippen LogP contribution is 2.30. The van der Waals surface area contributed by atoms with Crippen LogP contribution in [0.4, 0.5) is 11.4 Å². The van der Waals surface area contributed by atoms with Crippen LogP contribution in [0.15, 0.2) is 59.8 Å². The van der Waals surface area contributed by atoms with Crippen LogP contribution in [0.3, 0.4) is 0 Å². The standard InChI is InChI=1S/C24H27N4O2/c1-26-14-7-8-17-16-18(11-12-21(17)26)28(3)25-23(24(29)30-4)20-13-15-27(2)22-10-6-5-9-19(20)22/h5-6,9-13,15-16H,7-8,14H2,1-4H3/q+1. The fraction of sp³-hybridized carbons (Fsp3) is 0.292. The number of methoxy groups -OCH3 is 1. The van der Waals surface area contributed by atoms with Gasteiger partial charge in [0.2, 0.25) is 5.52 Å². The molecule has 3 aromatic rings. The lowest BCUT2D eigenvalue weighted by molar-refractivity contribution is -0.644. The highest BCUT2D eigenvalue weighted by molar-refractivity contribution is 6.45. The first kappa shape index (κ1) is 19.9. The molecule has 0 amide bonds. The van der Waals surface area contributed by atoms with Gasteiger partial charge in [0.05, 0.1) is 18.2 Å². The van der Waals surface area contributed by atoms with E-state index in [9.17, 15) is 4.79 Å². The van der Waals surface area contributed by atoms with Crippen LogP contribution in [-0.2, 0) is 23.0 Å². The number of carbonyl (C=O) groups excluding carboxylic acids is 1. The Balaban J connectivity index is 1.79. The van der Waals surface area contributed by atoms with E-state index in [2.05, 4.69) is 29.2 Å². The molecule has 1 aliphatic rings. The number of aryl methyl sites for hydroxylation is 2. The number of hydrogen-bond acceptors (Lipinski definition) is 5. The van der Waals surface area contributed by atoms with E-state index in [1.165, 1.54) is 18.4 Å². The fourth-order valence-electron chi connectivity index (χ4n) is 4.05. The topological polar surface area (TPSA) is 49.0 Å². The van der Waals surface area contributed by atoms with Gasteiger partial charge in [-0.15, -0.1) is 0 Å². The van der Waals surface area contributed by atoms with Gasteiger partial charge >= 0.3 is 5.97 Å². The molecule has 6 heteroatoms. The zero-order valence-corrected chi connectivity index (χ0v) is 17.9. The molecule has 154 valence electrons. The minimum absolute atomic E-state index is 0.284. The second kappa shape index (κ2) is 8.14. The van der Waals surface area contributed by atoms with Crippen molar-refractivity contribution in [2.75, 3.05) is 37.7 Å². The zero-order valence-electron chi connectivity index (χ0n) is 17.9. The third-order valence-corrected chi connectivity index (χ3v) is 5.71. The van der Waals surface area contributed by atoms with Crippen molar-refractivity contribution in [3.8, 4) is 0 Å². The third-order valence-electron chi connectivity index (χ3n) is 5.71. The van der Waals surface area contributed by atoms with Crippen molar-refractivity contribution in [3.05, 3.63) is 65.9 Å². The summed E-state index contributed by atoms with van der Waals surface area (Å²) in [6.45, 7) is 1.07. The number of aromatic nitrogens is 1. The second-order valence-electron chi connectivity index (χ2n) is 7.66.